The molecule has 1 fully saturated rings. The minimum atomic E-state index is -1.16. The number of pyridine rings is 1. The quantitative estimate of drug-likeness (QED) is 0.866. The van der Waals surface area contributed by atoms with Gasteiger partial charge in [0, 0.05) is 6.20 Å². The summed E-state index contributed by atoms with van der Waals surface area (Å²) in [5.74, 6) is 0.492. The number of hydrogen-bond acceptors (Lipinski definition) is 4. The second-order valence-electron chi connectivity index (χ2n) is 4.06. The van der Waals surface area contributed by atoms with Gasteiger partial charge in [-0.3, -0.25) is 4.21 Å². The largest absolute Gasteiger partial charge is 0.396 e. The fourth-order valence-electron chi connectivity index (χ4n) is 1.85. The fraction of sp³-hybridized carbons (Fsp3) is 0.545. The molecule has 16 heavy (non-hydrogen) atoms. The Morgan fingerprint density at radius 3 is 3.06 bits per heavy atom. The molecule has 1 aliphatic heterocycles. The van der Waals surface area contributed by atoms with E-state index in [9.17, 15) is 4.21 Å². The second-order valence-corrected chi connectivity index (χ2v) is 5.47. The van der Waals surface area contributed by atoms with E-state index < -0.39 is 10.8 Å². The highest BCUT2D eigenvalue weighted by Crippen LogP contribution is 2.22. The number of hydrogen-bond donors (Lipinski definition) is 1. The summed E-state index contributed by atoms with van der Waals surface area (Å²) < 4.78 is 17.6. The summed E-state index contributed by atoms with van der Waals surface area (Å²) in [6.45, 7) is 2.04. The minimum absolute atomic E-state index is 0.0808. The SMILES string of the molecule is CC1CCC(CS(=O)c2ncccc2N)O1. The van der Waals surface area contributed by atoms with Crippen LogP contribution in [-0.4, -0.2) is 27.2 Å². The van der Waals surface area contributed by atoms with Gasteiger partial charge in [0.1, 0.15) is 5.03 Å². The highest BCUT2D eigenvalue weighted by molar-refractivity contribution is 7.85. The third kappa shape index (κ3) is 2.59. The van der Waals surface area contributed by atoms with Crippen LogP contribution in [0.3, 0.4) is 0 Å². The first-order valence-corrected chi connectivity index (χ1v) is 6.73. The molecule has 1 aromatic heterocycles. The lowest BCUT2D eigenvalue weighted by atomic mass is 10.2. The molecule has 0 bridgehead atoms. The Kier molecular flexibility index (Phi) is 3.56. The molecule has 0 aliphatic carbocycles. The van der Waals surface area contributed by atoms with Crippen molar-refractivity contribution in [2.24, 2.45) is 0 Å². The average Bonchev–Trinajstić information content (AvgIpc) is 2.64. The molecule has 0 aromatic carbocycles. The van der Waals surface area contributed by atoms with E-state index in [1.807, 2.05) is 6.92 Å². The molecule has 1 saturated heterocycles. The van der Waals surface area contributed by atoms with Crippen LogP contribution in [0.15, 0.2) is 23.4 Å². The van der Waals surface area contributed by atoms with Crippen molar-refractivity contribution in [3.8, 4) is 0 Å². The van der Waals surface area contributed by atoms with Crippen molar-refractivity contribution in [1.29, 1.82) is 0 Å². The molecule has 2 N–H and O–H groups in total. The summed E-state index contributed by atoms with van der Waals surface area (Å²) in [7, 11) is -1.16. The highest BCUT2D eigenvalue weighted by Gasteiger charge is 2.24. The molecule has 2 rings (SSSR count). The highest BCUT2D eigenvalue weighted by atomic mass is 32.2. The summed E-state index contributed by atoms with van der Waals surface area (Å²) in [5.41, 5.74) is 6.22. The zero-order valence-electron chi connectivity index (χ0n) is 9.26. The van der Waals surface area contributed by atoms with Gasteiger partial charge >= 0.3 is 0 Å². The van der Waals surface area contributed by atoms with E-state index >= 15 is 0 Å². The van der Waals surface area contributed by atoms with E-state index in [4.69, 9.17) is 10.5 Å². The molecule has 88 valence electrons. The molecule has 1 aliphatic rings. The van der Waals surface area contributed by atoms with E-state index in [1.165, 1.54) is 0 Å². The lowest BCUT2D eigenvalue weighted by Gasteiger charge is -2.10. The molecule has 0 radical (unpaired) electrons. The lowest BCUT2D eigenvalue weighted by molar-refractivity contribution is 0.0695. The summed E-state index contributed by atoms with van der Waals surface area (Å²) in [4.78, 5) is 4.06. The van der Waals surface area contributed by atoms with Gasteiger partial charge in [0.2, 0.25) is 0 Å². The lowest BCUT2D eigenvalue weighted by Crippen LogP contribution is -2.18. The number of anilines is 1. The predicted octanol–water partition coefficient (Wildman–Crippen LogP) is 1.34. The molecule has 3 atom stereocenters. The monoisotopic (exact) mass is 240 g/mol. The van der Waals surface area contributed by atoms with E-state index in [0.29, 0.717) is 16.5 Å². The normalized spacial score (nSPS) is 26.8. The fourth-order valence-corrected chi connectivity index (χ4v) is 3.10. The van der Waals surface area contributed by atoms with Crippen molar-refractivity contribution in [2.45, 2.75) is 37.0 Å². The van der Waals surface area contributed by atoms with Crippen LogP contribution in [-0.2, 0) is 15.5 Å². The number of nitrogen functional groups attached to an aromatic ring is 1. The van der Waals surface area contributed by atoms with Gasteiger partial charge in [-0.2, -0.15) is 0 Å². The van der Waals surface area contributed by atoms with Crippen molar-refractivity contribution < 1.29 is 8.95 Å². The number of nitrogens with zero attached hydrogens (tertiary/aromatic N) is 1. The molecule has 1 aromatic rings. The molecule has 4 nitrogen and oxygen atoms in total. The van der Waals surface area contributed by atoms with E-state index in [1.54, 1.807) is 18.3 Å². The van der Waals surface area contributed by atoms with Crippen molar-refractivity contribution in [3.05, 3.63) is 18.3 Å². The number of aromatic nitrogens is 1. The predicted molar refractivity (Wildman–Crippen MR) is 63.5 cm³/mol. The Labute approximate surface area is 97.7 Å². The smallest absolute Gasteiger partial charge is 0.150 e. The van der Waals surface area contributed by atoms with Crippen LogP contribution >= 0.6 is 0 Å². The number of nitrogens with two attached hydrogens (primary N) is 1. The maximum absolute atomic E-state index is 12.0. The molecule has 3 unspecified atom stereocenters. The standard InChI is InChI=1S/C11H16N2O2S/c1-8-4-5-9(15-8)7-16(14)11-10(12)3-2-6-13-11/h2-3,6,8-9H,4-5,7,12H2,1H3. The molecular weight excluding hydrogens is 224 g/mol. The maximum atomic E-state index is 12.0. The second kappa shape index (κ2) is 4.93. The molecule has 0 spiro atoms. The average molecular weight is 240 g/mol. The van der Waals surface area contributed by atoms with Gasteiger partial charge in [-0.05, 0) is 31.9 Å². The zero-order valence-corrected chi connectivity index (χ0v) is 10.1. The number of rotatable bonds is 3. The minimum Gasteiger partial charge on any atom is -0.396 e. The van der Waals surface area contributed by atoms with Crippen LogP contribution in [0.25, 0.3) is 0 Å². The number of ether oxygens (including phenoxy) is 1. The van der Waals surface area contributed by atoms with Crippen molar-refractivity contribution in [3.63, 3.8) is 0 Å². The molecule has 5 heteroatoms. The van der Waals surface area contributed by atoms with E-state index in [2.05, 4.69) is 4.98 Å². The van der Waals surface area contributed by atoms with E-state index in [0.717, 1.165) is 12.8 Å². The van der Waals surface area contributed by atoms with Gasteiger partial charge in [-0.25, -0.2) is 4.98 Å². The van der Waals surface area contributed by atoms with Gasteiger partial charge < -0.3 is 10.5 Å². The molecular formula is C11H16N2O2S. The van der Waals surface area contributed by atoms with Crippen molar-refractivity contribution in [1.82, 2.24) is 4.98 Å². The topological polar surface area (TPSA) is 65.2 Å². The Morgan fingerprint density at radius 2 is 2.44 bits per heavy atom. The van der Waals surface area contributed by atoms with Crippen LogP contribution in [0.1, 0.15) is 19.8 Å². The van der Waals surface area contributed by atoms with E-state index in [-0.39, 0.29) is 12.2 Å². The van der Waals surface area contributed by atoms with Gasteiger partial charge in [0.05, 0.1) is 34.4 Å². The van der Waals surface area contributed by atoms with Crippen LogP contribution in [0.4, 0.5) is 5.69 Å². The first-order valence-electron chi connectivity index (χ1n) is 5.41. The van der Waals surface area contributed by atoms with Crippen LogP contribution in [0.5, 0.6) is 0 Å². The third-order valence-corrected chi connectivity index (χ3v) is 4.12. The summed E-state index contributed by atoms with van der Waals surface area (Å²) in [6, 6.07) is 3.46. The van der Waals surface area contributed by atoms with Gasteiger partial charge in [-0.1, -0.05) is 0 Å². The van der Waals surface area contributed by atoms with Gasteiger partial charge in [-0.15, -0.1) is 0 Å². The van der Waals surface area contributed by atoms with Gasteiger partial charge in [0.25, 0.3) is 0 Å². The first-order chi connectivity index (χ1) is 7.66. The Hall–Kier alpha value is -0.940. The third-order valence-electron chi connectivity index (χ3n) is 2.67. The van der Waals surface area contributed by atoms with Crippen LogP contribution in [0.2, 0.25) is 0 Å². The Morgan fingerprint density at radius 1 is 1.62 bits per heavy atom. The first kappa shape index (κ1) is 11.5. The Bertz CT molecular complexity index is 397. The van der Waals surface area contributed by atoms with Crippen molar-refractivity contribution in [2.75, 3.05) is 11.5 Å². The Balaban J connectivity index is 2.01. The van der Waals surface area contributed by atoms with Crippen LogP contribution < -0.4 is 5.73 Å². The summed E-state index contributed by atoms with van der Waals surface area (Å²) >= 11 is 0. The maximum Gasteiger partial charge on any atom is 0.150 e. The summed E-state index contributed by atoms with van der Waals surface area (Å²) in [6.07, 6.45) is 3.99. The zero-order chi connectivity index (χ0) is 11.5. The van der Waals surface area contributed by atoms with Gasteiger partial charge in [0.15, 0.2) is 0 Å². The summed E-state index contributed by atoms with van der Waals surface area (Å²) in [5, 5.41) is 0.477. The van der Waals surface area contributed by atoms with Crippen molar-refractivity contribution >= 4 is 16.5 Å². The molecule has 0 amide bonds. The van der Waals surface area contributed by atoms with Crippen LogP contribution in [0, 0.1) is 0 Å². The molecule has 0 saturated carbocycles. The molecule has 2 heterocycles.